The van der Waals surface area contributed by atoms with E-state index in [0.29, 0.717) is 10.8 Å². The number of hydrogen-bond donors (Lipinski definition) is 0. The second kappa shape index (κ2) is 2.40. The molecule has 0 N–H and O–H groups in total. The van der Waals surface area contributed by atoms with Crippen molar-refractivity contribution in [2.75, 3.05) is 0 Å². The SMILES string of the molecule is BC1=CC(C)(C)CC(C)(C)C1. The van der Waals surface area contributed by atoms with Gasteiger partial charge >= 0.3 is 0 Å². The Kier molecular flexibility index (Phi) is 1.94. The molecule has 11 heavy (non-hydrogen) atoms. The highest BCUT2D eigenvalue weighted by molar-refractivity contribution is 6.21. The van der Waals surface area contributed by atoms with Gasteiger partial charge in [-0.25, -0.2) is 0 Å². The van der Waals surface area contributed by atoms with Crippen molar-refractivity contribution >= 4 is 7.85 Å². The molecule has 62 valence electrons. The molecule has 0 spiro atoms. The van der Waals surface area contributed by atoms with E-state index in [1.54, 1.807) is 5.47 Å². The summed E-state index contributed by atoms with van der Waals surface area (Å²) in [4.78, 5) is 0. The van der Waals surface area contributed by atoms with Gasteiger partial charge in [-0.15, -0.1) is 5.47 Å². The maximum atomic E-state index is 2.43. The largest absolute Gasteiger partial charge is 0.133 e. The highest BCUT2D eigenvalue weighted by Gasteiger charge is 2.31. The molecule has 0 fully saturated rings. The molecule has 0 unspecified atom stereocenters. The van der Waals surface area contributed by atoms with Crippen molar-refractivity contribution in [3.05, 3.63) is 11.5 Å². The molecule has 0 aromatic heterocycles. The average Bonchev–Trinajstić information content (AvgIpc) is 1.49. The van der Waals surface area contributed by atoms with Crippen LogP contribution in [-0.4, -0.2) is 7.85 Å². The summed E-state index contributed by atoms with van der Waals surface area (Å²) in [5.41, 5.74) is 2.50. The van der Waals surface area contributed by atoms with E-state index in [0.717, 1.165) is 0 Å². The average molecular weight is 150 g/mol. The van der Waals surface area contributed by atoms with Crippen LogP contribution in [0.1, 0.15) is 40.5 Å². The molecule has 0 saturated heterocycles. The summed E-state index contributed by atoms with van der Waals surface area (Å²) in [6.07, 6.45) is 5.02. The lowest BCUT2D eigenvalue weighted by Crippen LogP contribution is -2.27. The summed E-state index contributed by atoms with van der Waals surface area (Å²) in [6.45, 7) is 9.39. The van der Waals surface area contributed by atoms with Crippen LogP contribution in [0.2, 0.25) is 0 Å². The Morgan fingerprint density at radius 2 is 1.82 bits per heavy atom. The van der Waals surface area contributed by atoms with Crippen LogP contribution >= 0.6 is 0 Å². The molecular formula is C10H19B. The zero-order chi connectivity index (χ0) is 8.70. The fourth-order valence-corrected chi connectivity index (χ4v) is 2.82. The second-order valence-corrected chi connectivity index (χ2v) is 5.50. The van der Waals surface area contributed by atoms with Crippen molar-refractivity contribution in [2.24, 2.45) is 10.8 Å². The van der Waals surface area contributed by atoms with Gasteiger partial charge in [-0.1, -0.05) is 33.8 Å². The second-order valence-electron chi connectivity index (χ2n) is 5.50. The van der Waals surface area contributed by atoms with E-state index in [1.165, 1.54) is 12.8 Å². The maximum Gasteiger partial charge on any atom is 0.133 e. The van der Waals surface area contributed by atoms with Crippen LogP contribution in [0.3, 0.4) is 0 Å². The first-order chi connectivity index (χ1) is 4.81. The van der Waals surface area contributed by atoms with Gasteiger partial charge in [0.2, 0.25) is 0 Å². The molecule has 1 heteroatoms. The fraction of sp³-hybridized carbons (Fsp3) is 0.800. The molecule has 1 rings (SSSR count). The van der Waals surface area contributed by atoms with Gasteiger partial charge in [0.1, 0.15) is 7.85 Å². The monoisotopic (exact) mass is 150 g/mol. The van der Waals surface area contributed by atoms with E-state index in [1.807, 2.05) is 0 Å². The van der Waals surface area contributed by atoms with Gasteiger partial charge < -0.3 is 0 Å². The Balaban J connectivity index is 2.86. The molecule has 1 aliphatic carbocycles. The Morgan fingerprint density at radius 3 is 2.18 bits per heavy atom. The molecular weight excluding hydrogens is 131 g/mol. The summed E-state index contributed by atoms with van der Waals surface area (Å²) in [5, 5.41) is 0. The van der Waals surface area contributed by atoms with E-state index in [4.69, 9.17) is 0 Å². The highest BCUT2D eigenvalue weighted by atomic mass is 14.4. The van der Waals surface area contributed by atoms with Crippen LogP contribution < -0.4 is 0 Å². The van der Waals surface area contributed by atoms with Gasteiger partial charge in [0, 0.05) is 0 Å². The lowest BCUT2D eigenvalue weighted by Gasteiger charge is -2.38. The first kappa shape index (κ1) is 8.90. The summed E-state index contributed by atoms with van der Waals surface area (Å²) in [5.74, 6) is 0. The van der Waals surface area contributed by atoms with Crippen molar-refractivity contribution in [2.45, 2.75) is 40.5 Å². The van der Waals surface area contributed by atoms with Crippen LogP contribution in [0.15, 0.2) is 11.5 Å². The summed E-state index contributed by atoms with van der Waals surface area (Å²) in [6, 6.07) is 0. The maximum absolute atomic E-state index is 2.43. The van der Waals surface area contributed by atoms with Crippen molar-refractivity contribution in [1.82, 2.24) is 0 Å². The summed E-state index contributed by atoms with van der Waals surface area (Å²) in [7, 11) is 2.25. The van der Waals surface area contributed by atoms with Crippen LogP contribution in [0, 0.1) is 10.8 Å². The first-order valence-corrected chi connectivity index (χ1v) is 4.49. The van der Waals surface area contributed by atoms with Crippen LogP contribution in [-0.2, 0) is 0 Å². The predicted molar refractivity (Wildman–Crippen MR) is 53.4 cm³/mol. The standard InChI is InChI=1S/C10H19B/c1-9(2)5-8(11)6-10(3,4)7-9/h5H,6-7,11H2,1-4H3. The zero-order valence-electron chi connectivity index (χ0n) is 8.49. The first-order valence-electron chi connectivity index (χ1n) is 4.49. The highest BCUT2D eigenvalue weighted by Crippen LogP contribution is 2.43. The minimum absolute atomic E-state index is 0.422. The lowest BCUT2D eigenvalue weighted by atomic mass is 9.63. The molecule has 0 heterocycles. The van der Waals surface area contributed by atoms with Crippen LogP contribution in [0.4, 0.5) is 0 Å². The third-order valence-corrected chi connectivity index (χ3v) is 2.33. The van der Waals surface area contributed by atoms with E-state index >= 15 is 0 Å². The molecule has 0 aromatic rings. The Hall–Kier alpha value is -0.195. The van der Waals surface area contributed by atoms with Gasteiger partial charge in [-0.2, -0.15) is 0 Å². The van der Waals surface area contributed by atoms with Gasteiger partial charge in [-0.05, 0) is 23.7 Å². The quantitative estimate of drug-likeness (QED) is 0.465. The van der Waals surface area contributed by atoms with Crippen molar-refractivity contribution in [3.63, 3.8) is 0 Å². The van der Waals surface area contributed by atoms with E-state index in [-0.39, 0.29) is 0 Å². The van der Waals surface area contributed by atoms with E-state index in [9.17, 15) is 0 Å². The molecule has 0 radical (unpaired) electrons. The van der Waals surface area contributed by atoms with Crippen LogP contribution in [0.25, 0.3) is 0 Å². The van der Waals surface area contributed by atoms with Gasteiger partial charge in [0.15, 0.2) is 0 Å². The molecule has 1 aliphatic rings. The molecule has 0 aliphatic heterocycles. The van der Waals surface area contributed by atoms with Crippen molar-refractivity contribution in [1.29, 1.82) is 0 Å². The van der Waals surface area contributed by atoms with Gasteiger partial charge in [0.05, 0.1) is 0 Å². The smallest absolute Gasteiger partial charge is 0.113 e. The molecule has 0 amide bonds. The number of allylic oxidation sites excluding steroid dienone is 2. The van der Waals surface area contributed by atoms with E-state index in [2.05, 4.69) is 41.6 Å². The Bertz CT molecular complexity index is 187. The van der Waals surface area contributed by atoms with Crippen LogP contribution in [0.5, 0.6) is 0 Å². The fourth-order valence-electron chi connectivity index (χ4n) is 2.82. The molecule has 0 saturated carbocycles. The number of hydrogen-bond acceptors (Lipinski definition) is 0. The molecule has 0 bridgehead atoms. The number of rotatable bonds is 0. The lowest BCUT2D eigenvalue weighted by molar-refractivity contribution is 0.220. The zero-order valence-corrected chi connectivity index (χ0v) is 8.49. The minimum atomic E-state index is 0.422. The predicted octanol–water partition coefficient (Wildman–Crippen LogP) is 2.35. The minimum Gasteiger partial charge on any atom is -0.113 e. The Morgan fingerprint density at radius 1 is 1.27 bits per heavy atom. The summed E-state index contributed by atoms with van der Waals surface area (Å²) < 4.78 is 0. The molecule has 0 aromatic carbocycles. The third-order valence-electron chi connectivity index (χ3n) is 2.33. The van der Waals surface area contributed by atoms with Crippen molar-refractivity contribution in [3.8, 4) is 0 Å². The normalized spacial score (nSPS) is 27.8. The Labute approximate surface area is 71.5 Å². The molecule has 0 nitrogen and oxygen atoms in total. The third kappa shape index (κ3) is 2.39. The summed E-state index contributed by atoms with van der Waals surface area (Å²) >= 11 is 0. The van der Waals surface area contributed by atoms with Gasteiger partial charge in [-0.3, -0.25) is 0 Å². The topological polar surface area (TPSA) is 0 Å². The van der Waals surface area contributed by atoms with E-state index < -0.39 is 0 Å². The van der Waals surface area contributed by atoms with Gasteiger partial charge in [0.25, 0.3) is 0 Å². The molecule has 0 atom stereocenters. The van der Waals surface area contributed by atoms with Crippen molar-refractivity contribution < 1.29 is 0 Å².